The quantitative estimate of drug-likeness (QED) is 0.267. The second-order valence-electron chi connectivity index (χ2n) is 9.93. The Labute approximate surface area is 237 Å². The van der Waals surface area contributed by atoms with E-state index in [1.165, 1.54) is 24.1 Å². The maximum atomic E-state index is 13.8. The van der Waals surface area contributed by atoms with Crippen LogP contribution in [0.1, 0.15) is 46.3 Å². The van der Waals surface area contributed by atoms with Gasteiger partial charge in [-0.05, 0) is 55.2 Å². The van der Waals surface area contributed by atoms with Crippen molar-refractivity contribution in [1.29, 1.82) is 0 Å². The molecule has 0 aliphatic carbocycles. The molecule has 0 fully saturated rings. The van der Waals surface area contributed by atoms with Gasteiger partial charge in [-0.2, -0.15) is 26.3 Å². The number of carbonyl (C=O) groups is 2. The molecule has 0 saturated carbocycles. The first-order chi connectivity index (χ1) is 19.7. The van der Waals surface area contributed by atoms with Crippen LogP contribution < -0.4 is 9.64 Å². The average Bonchev–Trinajstić information content (AvgIpc) is 3.14. The molecular weight excluding hydrogens is 568 g/mol. The summed E-state index contributed by atoms with van der Waals surface area (Å²) < 4.78 is 92.6. The van der Waals surface area contributed by atoms with E-state index in [0.29, 0.717) is 17.7 Å². The molecule has 0 unspecified atom stereocenters. The topological polar surface area (TPSA) is 76.1 Å². The first kappa shape index (κ1) is 30.9. The van der Waals surface area contributed by atoms with Crippen molar-refractivity contribution in [3.05, 3.63) is 95.1 Å². The number of methoxy groups -OCH3 is 1. The average molecular weight is 596 g/mol. The van der Waals surface area contributed by atoms with Crippen LogP contribution >= 0.6 is 0 Å². The molecule has 1 amide bonds. The largest absolute Gasteiger partial charge is 0.489 e. The Bertz CT molecular complexity index is 1430. The Morgan fingerprint density at radius 3 is 2.21 bits per heavy atom. The van der Waals surface area contributed by atoms with Crippen molar-refractivity contribution in [3.63, 3.8) is 0 Å². The highest BCUT2D eigenvalue weighted by Crippen LogP contribution is 2.51. The van der Waals surface area contributed by atoms with Gasteiger partial charge in [0, 0.05) is 11.3 Å². The maximum Gasteiger partial charge on any atom is 0.430 e. The number of hydrogen-bond acceptors (Lipinski definition) is 5. The summed E-state index contributed by atoms with van der Waals surface area (Å²) >= 11 is 0. The lowest BCUT2D eigenvalue weighted by Gasteiger charge is -2.34. The molecule has 0 aromatic heterocycles. The second-order valence-corrected chi connectivity index (χ2v) is 9.93. The number of halogens is 6. The number of aliphatic hydroxyl groups is 1. The summed E-state index contributed by atoms with van der Waals surface area (Å²) in [5.41, 5.74) is -5.57. The summed E-state index contributed by atoms with van der Waals surface area (Å²) in [6.45, 7) is 1.55. The van der Waals surface area contributed by atoms with E-state index in [0.717, 1.165) is 6.07 Å². The van der Waals surface area contributed by atoms with E-state index in [2.05, 4.69) is 0 Å². The summed E-state index contributed by atoms with van der Waals surface area (Å²) in [6.07, 6.45) is -12.8. The van der Waals surface area contributed by atoms with Crippen molar-refractivity contribution in [2.45, 2.75) is 49.7 Å². The van der Waals surface area contributed by atoms with Crippen LogP contribution in [0.5, 0.6) is 5.75 Å². The Kier molecular flexibility index (Phi) is 8.58. The smallest absolute Gasteiger partial charge is 0.430 e. The highest BCUT2D eigenvalue weighted by atomic mass is 19.4. The lowest BCUT2D eigenvalue weighted by atomic mass is 9.89. The number of hydrogen-bond donors (Lipinski definition) is 1. The van der Waals surface area contributed by atoms with Gasteiger partial charge in [-0.3, -0.25) is 4.79 Å². The van der Waals surface area contributed by atoms with Gasteiger partial charge >= 0.3 is 18.3 Å². The number of esters is 1. The number of benzene rings is 3. The summed E-state index contributed by atoms with van der Waals surface area (Å²) in [5, 5.41) is 9.98. The van der Waals surface area contributed by atoms with Crippen LogP contribution in [-0.2, 0) is 21.6 Å². The zero-order valence-corrected chi connectivity index (χ0v) is 22.5. The van der Waals surface area contributed by atoms with Crippen molar-refractivity contribution in [3.8, 4) is 5.75 Å². The Morgan fingerprint density at radius 2 is 1.60 bits per heavy atom. The fourth-order valence-corrected chi connectivity index (χ4v) is 4.90. The fourth-order valence-electron chi connectivity index (χ4n) is 4.90. The van der Waals surface area contributed by atoms with E-state index in [-0.39, 0.29) is 42.0 Å². The number of aryl methyl sites for hydroxylation is 1. The van der Waals surface area contributed by atoms with Gasteiger partial charge in [-0.15, -0.1) is 0 Å². The number of anilines is 1. The van der Waals surface area contributed by atoms with E-state index in [1.54, 1.807) is 49.4 Å². The van der Waals surface area contributed by atoms with Crippen molar-refractivity contribution >= 4 is 17.6 Å². The van der Waals surface area contributed by atoms with Gasteiger partial charge in [0.2, 0.25) is 5.91 Å². The molecule has 12 heteroatoms. The molecule has 1 heterocycles. The molecule has 3 aromatic rings. The van der Waals surface area contributed by atoms with Crippen LogP contribution in [0.4, 0.5) is 32.0 Å². The molecule has 0 spiro atoms. The van der Waals surface area contributed by atoms with Crippen molar-refractivity contribution in [2.24, 2.45) is 0 Å². The molecule has 0 bridgehead atoms. The number of nitrogens with zero attached hydrogens (tertiary/aromatic N) is 1. The zero-order valence-electron chi connectivity index (χ0n) is 22.5. The SMILES string of the molecule is COC(=O)c1cccc(O[C@H]2CCc3cc(C(O)(C(F)(F)F)C(F)(F)F)ccc3N(C(=O)[C@@H](C)c3ccccc3)C2)c1. The summed E-state index contributed by atoms with van der Waals surface area (Å²) in [6, 6.07) is 16.9. The minimum absolute atomic E-state index is 0.00227. The van der Waals surface area contributed by atoms with Gasteiger partial charge in [0.15, 0.2) is 0 Å². The van der Waals surface area contributed by atoms with Gasteiger partial charge < -0.3 is 19.5 Å². The standard InChI is InChI=1S/C30H27F6NO5/c1-18(19-7-4-3-5-8-19)26(38)37-17-24(42-23-10-6-9-21(16-23)27(39)41-2)13-11-20-15-22(12-14-25(20)37)28(40,29(31,32)33)30(34,35)36/h3-10,12,14-16,18,24,40H,11,13,17H2,1-2H3/t18-,24-/m0/s1. The third-order valence-electron chi connectivity index (χ3n) is 7.22. The molecule has 42 heavy (non-hydrogen) atoms. The van der Waals surface area contributed by atoms with Crippen LogP contribution in [0, 0.1) is 0 Å². The Hall–Kier alpha value is -4.06. The molecule has 3 aromatic carbocycles. The molecule has 1 aliphatic rings. The van der Waals surface area contributed by atoms with Gasteiger partial charge in [0.1, 0.15) is 11.9 Å². The normalized spacial score (nSPS) is 16.7. The van der Waals surface area contributed by atoms with E-state index < -0.39 is 47.4 Å². The van der Waals surface area contributed by atoms with E-state index in [9.17, 15) is 41.0 Å². The minimum Gasteiger partial charge on any atom is -0.489 e. The van der Waals surface area contributed by atoms with E-state index in [1.807, 2.05) is 0 Å². The van der Waals surface area contributed by atoms with Crippen molar-refractivity contribution < 1.29 is 50.5 Å². The molecule has 1 aliphatic heterocycles. The first-order valence-corrected chi connectivity index (χ1v) is 12.9. The monoisotopic (exact) mass is 595 g/mol. The highest BCUT2D eigenvalue weighted by molar-refractivity contribution is 5.98. The Balaban J connectivity index is 1.76. The molecular formula is C30H27F6NO5. The molecule has 224 valence electrons. The first-order valence-electron chi connectivity index (χ1n) is 12.9. The zero-order chi connectivity index (χ0) is 30.9. The summed E-state index contributed by atoms with van der Waals surface area (Å²) in [5.74, 6) is -1.54. The third kappa shape index (κ3) is 5.94. The lowest BCUT2D eigenvalue weighted by molar-refractivity contribution is -0.376. The third-order valence-corrected chi connectivity index (χ3v) is 7.22. The predicted octanol–water partition coefficient (Wildman–Crippen LogP) is 6.32. The second kappa shape index (κ2) is 11.7. The van der Waals surface area contributed by atoms with Crippen LogP contribution in [0.15, 0.2) is 72.8 Å². The van der Waals surface area contributed by atoms with Crippen molar-refractivity contribution in [1.82, 2.24) is 0 Å². The van der Waals surface area contributed by atoms with E-state index in [4.69, 9.17) is 9.47 Å². The van der Waals surface area contributed by atoms with Gasteiger partial charge in [-0.1, -0.05) is 48.5 Å². The van der Waals surface area contributed by atoms with E-state index >= 15 is 0 Å². The predicted molar refractivity (Wildman–Crippen MR) is 140 cm³/mol. The van der Waals surface area contributed by atoms with Gasteiger partial charge in [0.05, 0.1) is 25.1 Å². The fraction of sp³-hybridized carbons (Fsp3) is 0.333. The number of alkyl halides is 6. The Morgan fingerprint density at radius 1 is 0.929 bits per heavy atom. The highest BCUT2D eigenvalue weighted by Gasteiger charge is 2.71. The van der Waals surface area contributed by atoms with Crippen LogP contribution in [0.3, 0.4) is 0 Å². The number of carbonyl (C=O) groups excluding carboxylic acids is 2. The number of amides is 1. The van der Waals surface area contributed by atoms with Crippen LogP contribution in [0.25, 0.3) is 0 Å². The van der Waals surface area contributed by atoms with Gasteiger partial charge in [0.25, 0.3) is 5.60 Å². The molecule has 1 N–H and O–H groups in total. The number of fused-ring (bicyclic) bond motifs is 1. The lowest BCUT2D eigenvalue weighted by Crippen LogP contribution is -2.54. The molecule has 0 radical (unpaired) electrons. The van der Waals surface area contributed by atoms with Crippen LogP contribution in [0.2, 0.25) is 0 Å². The summed E-state index contributed by atoms with van der Waals surface area (Å²) in [4.78, 5) is 27.0. The number of rotatable bonds is 6. The van der Waals surface area contributed by atoms with Crippen LogP contribution in [-0.4, -0.2) is 49.1 Å². The minimum atomic E-state index is -6.06. The molecule has 0 saturated heterocycles. The van der Waals surface area contributed by atoms with Gasteiger partial charge in [-0.25, -0.2) is 4.79 Å². The van der Waals surface area contributed by atoms with Crippen molar-refractivity contribution in [2.75, 3.05) is 18.6 Å². The molecule has 6 nitrogen and oxygen atoms in total. The molecule has 2 atom stereocenters. The summed E-state index contributed by atoms with van der Waals surface area (Å²) in [7, 11) is 1.21. The number of ether oxygens (including phenoxy) is 2. The molecule has 4 rings (SSSR count). The maximum absolute atomic E-state index is 13.8.